The zero-order chi connectivity index (χ0) is 15.1. The minimum atomic E-state index is -0.386. The summed E-state index contributed by atoms with van der Waals surface area (Å²) in [4.78, 5) is 23.3. The van der Waals surface area contributed by atoms with Crippen molar-refractivity contribution in [2.24, 2.45) is 0 Å². The van der Waals surface area contributed by atoms with Crippen LogP contribution in [-0.2, 0) is 11.3 Å². The molecule has 0 aromatic carbocycles. The first-order valence-corrected chi connectivity index (χ1v) is 6.73. The number of carbonyl (C=O) groups is 1. The van der Waals surface area contributed by atoms with Crippen LogP contribution in [0.1, 0.15) is 20.3 Å². The molecular weight excluding hydrogens is 280 g/mol. The lowest BCUT2D eigenvalue weighted by Gasteiger charge is -2.11. The summed E-state index contributed by atoms with van der Waals surface area (Å²) in [6.45, 7) is 8.01. The van der Waals surface area contributed by atoms with Crippen LogP contribution in [0, 0.1) is 0 Å². The highest BCUT2D eigenvalue weighted by atomic mass is 35.5. The smallest absolute Gasteiger partial charge is 0.287 e. The molecule has 0 aliphatic heterocycles. The van der Waals surface area contributed by atoms with Crippen LogP contribution in [0.15, 0.2) is 23.6 Å². The van der Waals surface area contributed by atoms with Gasteiger partial charge in [-0.1, -0.05) is 17.7 Å². The molecule has 0 saturated heterocycles. The molecule has 0 spiro atoms. The van der Waals surface area contributed by atoms with Gasteiger partial charge in [0.05, 0.1) is 18.4 Å². The van der Waals surface area contributed by atoms with Gasteiger partial charge in [0.2, 0.25) is 5.91 Å². The van der Waals surface area contributed by atoms with E-state index >= 15 is 0 Å². The lowest BCUT2D eigenvalue weighted by atomic mass is 10.3. The lowest BCUT2D eigenvalue weighted by molar-refractivity contribution is -0.121. The van der Waals surface area contributed by atoms with Crippen molar-refractivity contribution in [2.75, 3.05) is 11.9 Å². The van der Waals surface area contributed by atoms with Crippen molar-refractivity contribution in [2.45, 2.75) is 32.9 Å². The van der Waals surface area contributed by atoms with Crippen LogP contribution in [0.2, 0.25) is 5.02 Å². The van der Waals surface area contributed by atoms with E-state index in [4.69, 9.17) is 11.6 Å². The minimum Gasteiger partial charge on any atom is -0.382 e. The first-order valence-electron chi connectivity index (χ1n) is 6.35. The van der Waals surface area contributed by atoms with Crippen LogP contribution in [0.4, 0.5) is 5.69 Å². The summed E-state index contributed by atoms with van der Waals surface area (Å²) < 4.78 is 1.21. The van der Waals surface area contributed by atoms with E-state index in [0.717, 1.165) is 0 Å². The third-order valence-electron chi connectivity index (χ3n) is 2.40. The van der Waals surface area contributed by atoms with Crippen molar-refractivity contribution in [1.29, 1.82) is 0 Å². The van der Waals surface area contributed by atoms with Crippen molar-refractivity contribution in [1.82, 2.24) is 15.1 Å². The largest absolute Gasteiger partial charge is 0.382 e. The van der Waals surface area contributed by atoms with Crippen molar-refractivity contribution in [3.05, 3.63) is 34.2 Å². The molecule has 1 heterocycles. The highest BCUT2D eigenvalue weighted by Crippen LogP contribution is 2.14. The molecule has 20 heavy (non-hydrogen) atoms. The molecule has 0 fully saturated rings. The van der Waals surface area contributed by atoms with E-state index < -0.39 is 0 Å². The number of nitrogens with zero attached hydrogens (tertiary/aromatic N) is 2. The molecule has 7 heteroatoms. The zero-order valence-corrected chi connectivity index (χ0v) is 12.4. The van der Waals surface area contributed by atoms with Gasteiger partial charge in [-0.15, -0.1) is 6.58 Å². The van der Waals surface area contributed by atoms with Gasteiger partial charge in [0.25, 0.3) is 5.56 Å². The number of amides is 1. The van der Waals surface area contributed by atoms with Crippen LogP contribution in [-0.4, -0.2) is 28.3 Å². The fourth-order valence-corrected chi connectivity index (χ4v) is 1.76. The summed E-state index contributed by atoms with van der Waals surface area (Å²) in [5.74, 6) is -0.0587. The molecule has 2 N–H and O–H groups in total. The van der Waals surface area contributed by atoms with Crippen molar-refractivity contribution in [3.8, 4) is 0 Å². The van der Waals surface area contributed by atoms with E-state index in [-0.39, 0.29) is 22.5 Å². The van der Waals surface area contributed by atoms with Gasteiger partial charge >= 0.3 is 0 Å². The highest BCUT2D eigenvalue weighted by molar-refractivity contribution is 6.32. The Morgan fingerprint density at radius 2 is 2.30 bits per heavy atom. The number of hydrogen-bond donors (Lipinski definition) is 2. The van der Waals surface area contributed by atoms with Gasteiger partial charge < -0.3 is 10.6 Å². The monoisotopic (exact) mass is 298 g/mol. The Kier molecular flexibility index (Phi) is 6.24. The van der Waals surface area contributed by atoms with Crippen LogP contribution in [0.5, 0.6) is 0 Å². The number of aromatic nitrogens is 2. The molecule has 110 valence electrons. The van der Waals surface area contributed by atoms with E-state index in [0.29, 0.717) is 25.2 Å². The number of hydrogen-bond acceptors (Lipinski definition) is 4. The third kappa shape index (κ3) is 4.70. The van der Waals surface area contributed by atoms with E-state index in [1.165, 1.54) is 10.9 Å². The summed E-state index contributed by atoms with van der Waals surface area (Å²) in [6, 6.07) is 0.107. The molecule has 1 aromatic heterocycles. The van der Waals surface area contributed by atoms with Crippen molar-refractivity contribution >= 4 is 23.2 Å². The molecule has 1 amide bonds. The van der Waals surface area contributed by atoms with Gasteiger partial charge in [-0.25, -0.2) is 4.68 Å². The second kappa shape index (κ2) is 7.69. The van der Waals surface area contributed by atoms with Gasteiger partial charge in [-0.05, 0) is 13.8 Å². The quantitative estimate of drug-likeness (QED) is 0.746. The Morgan fingerprint density at radius 1 is 1.60 bits per heavy atom. The van der Waals surface area contributed by atoms with Crippen LogP contribution < -0.4 is 16.2 Å². The molecular formula is C13H19ClN4O2. The molecule has 0 bridgehead atoms. The van der Waals surface area contributed by atoms with Crippen molar-refractivity contribution < 1.29 is 4.79 Å². The maximum Gasteiger partial charge on any atom is 0.287 e. The molecule has 1 aromatic rings. The highest BCUT2D eigenvalue weighted by Gasteiger charge is 2.09. The summed E-state index contributed by atoms with van der Waals surface area (Å²) in [7, 11) is 0. The van der Waals surface area contributed by atoms with E-state index in [2.05, 4.69) is 22.3 Å². The fourth-order valence-electron chi connectivity index (χ4n) is 1.55. The van der Waals surface area contributed by atoms with Gasteiger partial charge in [-0.3, -0.25) is 9.59 Å². The number of halogens is 1. The summed E-state index contributed by atoms with van der Waals surface area (Å²) >= 11 is 5.96. The predicted octanol–water partition coefficient (Wildman–Crippen LogP) is 1.41. The zero-order valence-electron chi connectivity index (χ0n) is 11.6. The molecule has 6 nitrogen and oxygen atoms in total. The Labute approximate surface area is 122 Å². The standard InChI is InChI=1S/C13H19ClN4O2/c1-4-7-18-13(20)12(14)10(8-16-18)15-6-5-11(19)17-9(2)3/h4,8-9,15H,1,5-7H2,2-3H3,(H,17,19). The average molecular weight is 299 g/mol. The SMILES string of the molecule is C=CCn1ncc(NCCC(=O)NC(C)C)c(Cl)c1=O. The Morgan fingerprint density at radius 3 is 2.90 bits per heavy atom. The minimum absolute atomic E-state index is 0.0587. The number of nitrogens with one attached hydrogen (secondary N) is 2. The Bertz CT molecular complexity index is 540. The van der Waals surface area contributed by atoms with Gasteiger partial charge in [0.1, 0.15) is 5.02 Å². The molecule has 0 saturated carbocycles. The topological polar surface area (TPSA) is 76.0 Å². The molecule has 0 radical (unpaired) electrons. The second-order valence-corrected chi connectivity index (χ2v) is 4.93. The normalized spacial score (nSPS) is 10.4. The van der Waals surface area contributed by atoms with Crippen LogP contribution >= 0.6 is 11.6 Å². The summed E-state index contributed by atoms with van der Waals surface area (Å²) in [5, 5.41) is 9.73. The van der Waals surface area contributed by atoms with E-state index in [1.54, 1.807) is 6.08 Å². The molecule has 1 rings (SSSR count). The molecule has 0 aliphatic carbocycles. The first kappa shape index (κ1) is 16.2. The molecule has 0 atom stereocenters. The maximum atomic E-state index is 11.8. The van der Waals surface area contributed by atoms with E-state index in [9.17, 15) is 9.59 Å². The molecule has 0 unspecified atom stereocenters. The van der Waals surface area contributed by atoms with Crippen molar-refractivity contribution in [3.63, 3.8) is 0 Å². The number of rotatable bonds is 7. The Balaban J connectivity index is 2.61. The fraction of sp³-hybridized carbons (Fsp3) is 0.462. The number of allylic oxidation sites excluding steroid dienone is 1. The maximum absolute atomic E-state index is 11.8. The lowest BCUT2D eigenvalue weighted by Crippen LogP contribution is -2.31. The second-order valence-electron chi connectivity index (χ2n) is 4.55. The van der Waals surface area contributed by atoms with E-state index in [1.807, 2.05) is 13.8 Å². The third-order valence-corrected chi connectivity index (χ3v) is 2.77. The first-order chi connectivity index (χ1) is 9.45. The summed E-state index contributed by atoms with van der Waals surface area (Å²) in [5.41, 5.74) is 0.0394. The number of anilines is 1. The average Bonchev–Trinajstić information content (AvgIpc) is 2.37. The van der Waals surface area contributed by atoms with Crippen LogP contribution in [0.25, 0.3) is 0 Å². The summed E-state index contributed by atoms with van der Waals surface area (Å²) in [6.07, 6.45) is 3.33. The van der Waals surface area contributed by atoms with Crippen LogP contribution in [0.3, 0.4) is 0 Å². The Hall–Kier alpha value is -1.82. The predicted molar refractivity (Wildman–Crippen MR) is 80.1 cm³/mol. The number of carbonyl (C=O) groups excluding carboxylic acids is 1. The van der Waals surface area contributed by atoms with Gasteiger partial charge in [-0.2, -0.15) is 5.10 Å². The molecule has 0 aliphatic rings. The van der Waals surface area contributed by atoms with Gasteiger partial charge in [0, 0.05) is 19.0 Å². The van der Waals surface area contributed by atoms with Gasteiger partial charge in [0.15, 0.2) is 0 Å².